The normalized spacial score (nSPS) is 23.2. The van der Waals surface area contributed by atoms with Crippen molar-refractivity contribution in [2.75, 3.05) is 7.05 Å². The van der Waals surface area contributed by atoms with Crippen molar-refractivity contribution in [1.82, 2.24) is 10.2 Å². The summed E-state index contributed by atoms with van der Waals surface area (Å²) < 4.78 is 2.27. The quantitative estimate of drug-likeness (QED) is 0.828. The third kappa shape index (κ3) is 2.03. The van der Waals surface area contributed by atoms with E-state index in [1.807, 2.05) is 13.0 Å². The van der Waals surface area contributed by atoms with E-state index in [0.717, 1.165) is 15.4 Å². The molecule has 0 bridgehead atoms. The van der Waals surface area contributed by atoms with E-state index in [1.165, 1.54) is 9.60 Å². The highest BCUT2D eigenvalue weighted by Crippen LogP contribution is 2.35. The van der Waals surface area contributed by atoms with Gasteiger partial charge in [0.1, 0.15) is 0 Å². The number of amides is 1. The molecule has 1 atom stereocenters. The molecule has 0 aliphatic carbocycles. The number of benzene rings is 1. The van der Waals surface area contributed by atoms with Crippen LogP contribution < -0.4 is 5.32 Å². The molecule has 0 unspecified atom stereocenters. The summed E-state index contributed by atoms with van der Waals surface area (Å²) >= 11 is 5.23. The molecule has 0 saturated carbocycles. The van der Waals surface area contributed by atoms with E-state index in [9.17, 15) is 4.79 Å². The Bertz CT molecular complexity index is 706. The van der Waals surface area contributed by atoms with Crippen molar-refractivity contribution in [1.29, 1.82) is 5.41 Å². The van der Waals surface area contributed by atoms with Gasteiger partial charge in [-0.1, -0.05) is 6.07 Å². The summed E-state index contributed by atoms with van der Waals surface area (Å²) in [6.45, 7) is 1.97. The minimum atomic E-state index is -0.532. The maximum atomic E-state index is 12.0. The summed E-state index contributed by atoms with van der Waals surface area (Å²) in [5.41, 5.74) is 0.492. The third-order valence-corrected chi connectivity index (χ3v) is 5.69. The van der Waals surface area contributed by atoms with E-state index < -0.39 is 5.54 Å². The summed E-state index contributed by atoms with van der Waals surface area (Å²) in [4.78, 5) is 13.4. The van der Waals surface area contributed by atoms with Crippen molar-refractivity contribution in [3.63, 3.8) is 0 Å². The first-order valence-electron chi connectivity index (χ1n) is 6.21. The van der Waals surface area contributed by atoms with Crippen LogP contribution in [0.4, 0.5) is 0 Å². The lowest BCUT2D eigenvalue weighted by molar-refractivity contribution is -0.129. The smallest absolute Gasteiger partial charge is 0.231 e. The molecular formula is C14H14BrN3OS. The lowest BCUT2D eigenvalue weighted by atomic mass is 9.86. The van der Waals surface area contributed by atoms with Gasteiger partial charge in [-0.25, -0.2) is 0 Å². The van der Waals surface area contributed by atoms with Gasteiger partial charge in [0.05, 0.1) is 12.0 Å². The lowest BCUT2D eigenvalue weighted by Gasteiger charge is -2.39. The van der Waals surface area contributed by atoms with Crippen LogP contribution in [-0.4, -0.2) is 23.8 Å². The monoisotopic (exact) mass is 351 g/mol. The summed E-state index contributed by atoms with van der Waals surface area (Å²) in [5, 5.41) is 14.2. The van der Waals surface area contributed by atoms with Gasteiger partial charge < -0.3 is 5.32 Å². The number of hydrogen-bond acceptors (Lipinski definition) is 3. The van der Waals surface area contributed by atoms with Gasteiger partial charge in [-0.05, 0) is 40.5 Å². The number of thiophene rings is 1. The Labute approximate surface area is 129 Å². The first-order valence-corrected chi connectivity index (χ1v) is 7.88. The predicted molar refractivity (Wildman–Crippen MR) is 85.1 cm³/mol. The topological polar surface area (TPSA) is 56.2 Å². The first-order chi connectivity index (χ1) is 9.40. The van der Waals surface area contributed by atoms with Crippen molar-refractivity contribution >= 4 is 49.2 Å². The Kier molecular flexibility index (Phi) is 3.10. The first kappa shape index (κ1) is 13.6. The second kappa shape index (κ2) is 4.56. The molecule has 1 amide bonds. The Hall–Kier alpha value is -1.40. The molecular weight excluding hydrogens is 338 g/mol. The molecule has 1 saturated heterocycles. The zero-order chi connectivity index (χ0) is 14.5. The number of hydrogen-bond donors (Lipinski definition) is 2. The summed E-state index contributed by atoms with van der Waals surface area (Å²) in [6.07, 6.45) is 0.346. The lowest BCUT2D eigenvalue weighted by Crippen LogP contribution is -2.58. The largest absolute Gasteiger partial charge is 0.346 e. The predicted octanol–water partition coefficient (Wildman–Crippen LogP) is 3.27. The van der Waals surface area contributed by atoms with Crippen LogP contribution in [0.15, 0.2) is 28.1 Å². The number of fused-ring (bicyclic) bond motifs is 1. The molecule has 0 radical (unpaired) electrons. The van der Waals surface area contributed by atoms with Crippen LogP contribution in [-0.2, 0) is 10.3 Å². The molecule has 1 aromatic carbocycles. The Morgan fingerprint density at radius 3 is 2.95 bits per heavy atom. The second-order valence-corrected chi connectivity index (χ2v) is 7.00. The standard InChI is InChI=1S/C14H14BrN3OS/c1-14(6-12(19)18(2)13(16)17-14)8-3-4-11-9(5-8)10(15)7-20-11/h3-5,7H,6H2,1-2H3,(H2,16,17)/t14-/m0/s1. The van der Waals surface area contributed by atoms with Crippen molar-refractivity contribution in [2.24, 2.45) is 0 Å². The van der Waals surface area contributed by atoms with Crippen LogP contribution in [0.5, 0.6) is 0 Å². The molecule has 4 nitrogen and oxygen atoms in total. The van der Waals surface area contributed by atoms with Crippen LogP contribution >= 0.6 is 27.3 Å². The van der Waals surface area contributed by atoms with Gasteiger partial charge in [0.25, 0.3) is 0 Å². The van der Waals surface area contributed by atoms with Crippen LogP contribution in [0.1, 0.15) is 18.9 Å². The van der Waals surface area contributed by atoms with Gasteiger partial charge in [0.15, 0.2) is 5.96 Å². The molecule has 0 spiro atoms. The van der Waals surface area contributed by atoms with Gasteiger partial charge in [0.2, 0.25) is 5.91 Å². The highest BCUT2D eigenvalue weighted by Gasteiger charge is 2.37. The van der Waals surface area contributed by atoms with E-state index in [2.05, 4.69) is 38.8 Å². The van der Waals surface area contributed by atoms with E-state index in [4.69, 9.17) is 5.41 Å². The molecule has 104 valence electrons. The molecule has 2 heterocycles. The van der Waals surface area contributed by atoms with Crippen molar-refractivity contribution in [3.05, 3.63) is 33.6 Å². The summed E-state index contributed by atoms with van der Waals surface area (Å²) in [6, 6.07) is 6.19. The highest BCUT2D eigenvalue weighted by molar-refractivity contribution is 9.10. The summed E-state index contributed by atoms with van der Waals surface area (Å²) in [7, 11) is 1.62. The van der Waals surface area contributed by atoms with Gasteiger partial charge >= 0.3 is 0 Å². The minimum Gasteiger partial charge on any atom is -0.346 e. The van der Waals surface area contributed by atoms with Crippen molar-refractivity contribution in [2.45, 2.75) is 18.9 Å². The van der Waals surface area contributed by atoms with Gasteiger partial charge in [-0.15, -0.1) is 11.3 Å². The Balaban J connectivity index is 2.07. The van der Waals surface area contributed by atoms with Crippen molar-refractivity contribution < 1.29 is 4.79 Å². The van der Waals surface area contributed by atoms with E-state index in [1.54, 1.807) is 18.4 Å². The van der Waals surface area contributed by atoms with E-state index in [0.29, 0.717) is 6.42 Å². The number of carbonyl (C=O) groups excluding carboxylic acids is 1. The van der Waals surface area contributed by atoms with Gasteiger partial charge in [0, 0.05) is 27.0 Å². The van der Waals surface area contributed by atoms with Crippen LogP contribution in [0.25, 0.3) is 10.1 Å². The van der Waals surface area contributed by atoms with Crippen LogP contribution in [0.3, 0.4) is 0 Å². The fourth-order valence-corrected chi connectivity index (χ4v) is 3.99. The molecule has 1 aliphatic heterocycles. The highest BCUT2D eigenvalue weighted by atomic mass is 79.9. The molecule has 2 aromatic rings. The van der Waals surface area contributed by atoms with E-state index >= 15 is 0 Å². The van der Waals surface area contributed by atoms with E-state index in [-0.39, 0.29) is 11.9 Å². The minimum absolute atomic E-state index is 0.0410. The molecule has 20 heavy (non-hydrogen) atoms. The molecule has 1 aromatic heterocycles. The maximum absolute atomic E-state index is 12.0. The Morgan fingerprint density at radius 2 is 2.25 bits per heavy atom. The number of nitrogens with zero attached hydrogens (tertiary/aromatic N) is 1. The molecule has 1 fully saturated rings. The van der Waals surface area contributed by atoms with Crippen molar-refractivity contribution in [3.8, 4) is 0 Å². The average Bonchev–Trinajstić information content (AvgIpc) is 2.77. The molecule has 3 rings (SSSR count). The van der Waals surface area contributed by atoms with Gasteiger partial charge in [-0.3, -0.25) is 15.1 Å². The van der Waals surface area contributed by atoms with Crippen LogP contribution in [0.2, 0.25) is 0 Å². The number of carbonyl (C=O) groups is 1. The molecule has 1 aliphatic rings. The number of rotatable bonds is 1. The Morgan fingerprint density at radius 1 is 1.50 bits per heavy atom. The SMILES string of the molecule is CN1C(=N)N[C@](C)(c2ccc3scc(Br)c3c2)CC1=O. The maximum Gasteiger partial charge on any atom is 0.231 e. The third-order valence-electron chi connectivity index (χ3n) is 3.77. The summed E-state index contributed by atoms with van der Waals surface area (Å²) in [5.74, 6) is 0.106. The fraction of sp³-hybridized carbons (Fsp3) is 0.286. The number of halogens is 1. The zero-order valence-electron chi connectivity index (χ0n) is 11.2. The zero-order valence-corrected chi connectivity index (χ0v) is 13.6. The fourth-order valence-electron chi connectivity index (χ4n) is 2.45. The second-order valence-electron chi connectivity index (χ2n) is 5.23. The van der Waals surface area contributed by atoms with Crippen LogP contribution in [0, 0.1) is 5.41 Å². The van der Waals surface area contributed by atoms with Gasteiger partial charge in [-0.2, -0.15) is 0 Å². The number of nitrogens with one attached hydrogen (secondary N) is 2. The molecule has 6 heteroatoms. The molecule has 2 N–H and O–H groups in total. The number of guanidine groups is 1. The average molecular weight is 352 g/mol.